The van der Waals surface area contributed by atoms with E-state index in [0.29, 0.717) is 17.5 Å². The quantitative estimate of drug-likeness (QED) is 0.175. The average Bonchev–Trinajstić information content (AvgIpc) is 3.96. The standard InChI is InChI=1S/C51H30N4S2/c1-3-14-31(15-4-1)49-52-50(32-16-5-2-6-17-32)54-51(53-49)33-28-29-42-38(30-33)46-36(20-11-25-43(46)56-42)37-21-12-26-44-47(37)48-41(24-13-27-45(48)57-44)55-39-22-9-7-18-34(39)35-19-8-10-23-40(35)55/h1-30H. The molecule has 0 aliphatic heterocycles. The number of aromatic nitrogens is 4. The molecule has 12 rings (SSSR count). The molecule has 12 aromatic rings. The first kappa shape index (κ1) is 32.3. The predicted octanol–water partition coefficient (Wildman–Crippen LogP) is 14.4. The Morgan fingerprint density at radius 2 is 0.825 bits per heavy atom. The zero-order chi connectivity index (χ0) is 37.5. The summed E-state index contributed by atoms with van der Waals surface area (Å²) in [5.74, 6) is 1.97. The number of hydrogen-bond acceptors (Lipinski definition) is 5. The van der Waals surface area contributed by atoms with Gasteiger partial charge in [0.1, 0.15) is 0 Å². The largest absolute Gasteiger partial charge is 0.309 e. The molecule has 0 amide bonds. The number of hydrogen-bond donors (Lipinski definition) is 0. The maximum Gasteiger partial charge on any atom is 0.164 e. The number of rotatable bonds is 5. The molecule has 0 atom stereocenters. The lowest BCUT2D eigenvalue weighted by atomic mass is 9.94. The molecule has 0 saturated carbocycles. The van der Waals surface area contributed by atoms with Crippen molar-refractivity contribution in [2.24, 2.45) is 0 Å². The minimum atomic E-state index is 0.656. The van der Waals surface area contributed by atoms with Crippen molar-refractivity contribution >= 4 is 84.8 Å². The van der Waals surface area contributed by atoms with Crippen molar-refractivity contribution in [3.05, 3.63) is 182 Å². The molecule has 0 N–H and O–H groups in total. The van der Waals surface area contributed by atoms with E-state index in [2.05, 4.69) is 150 Å². The van der Waals surface area contributed by atoms with Crippen molar-refractivity contribution in [1.82, 2.24) is 19.5 Å². The van der Waals surface area contributed by atoms with Gasteiger partial charge in [-0.15, -0.1) is 22.7 Å². The summed E-state index contributed by atoms with van der Waals surface area (Å²) in [5.41, 5.74) is 8.96. The van der Waals surface area contributed by atoms with Crippen LogP contribution in [-0.4, -0.2) is 19.5 Å². The fraction of sp³-hybridized carbons (Fsp3) is 0. The van der Waals surface area contributed by atoms with Gasteiger partial charge in [-0.1, -0.05) is 127 Å². The lowest BCUT2D eigenvalue weighted by Gasteiger charge is -2.13. The zero-order valence-corrected chi connectivity index (χ0v) is 32.1. The molecule has 0 radical (unpaired) electrons. The molecule has 4 nitrogen and oxygen atoms in total. The highest BCUT2D eigenvalue weighted by Crippen LogP contribution is 2.48. The summed E-state index contributed by atoms with van der Waals surface area (Å²) in [6.45, 7) is 0. The van der Waals surface area contributed by atoms with Gasteiger partial charge in [0, 0.05) is 67.8 Å². The van der Waals surface area contributed by atoms with Crippen LogP contribution in [0.3, 0.4) is 0 Å². The number of nitrogens with zero attached hydrogens (tertiary/aromatic N) is 4. The van der Waals surface area contributed by atoms with E-state index in [-0.39, 0.29) is 0 Å². The SMILES string of the molecule is c1ccc(-c2nc(-c3ccccc3)nc(-c3ccc4sc5cccc(-c6cccc7sc8cccc(-n9c%10ccccc%10c%10ccccc%109)c8c67)c5c4c3)n2)cc1. The lowest BCUT2D eigenvalue weighted by molar-refractivity contribution is 1.07. The van der Waals surface area contributed by atoms with Crippen LogP contribution in [0, 0.1) is 0 Å². The number of fused-ring (bicyclic) bond motifs is 9. The zero-order valence-electron chi connectivity index (χ0n) is 30.4. The summed E-state index contributed by atoms with van der Waals surface area (Å²) in [7, 11) is 0. The molecule has 4 heterocycles. The van der Waals surface area contributed by atoms with Gasteiger partial charge >= 0.3 is 0 Å². The van der Waals surface area contributed by atoms with Crippen molar-refractivity contribution in [3.63, 3.8) is 0 Å². The second kappa shape index (κ2) is 12.8. The van der Waals surface area contributed by atoms with Crippen molar-refractivity contribution in [3.8, 4) is 51.0 Å². The smallest absolute Gasteiger partial charge is 0.164 e. The second-order valence-electron chi connectivity index (χ2n) is 14.3. The van der Waals surface area contributed by atoms with E-state index in [4.69, 9.17) is 15.0 Å². The van der Waals surface area contributed by atoms with E-state index in [0.717, 1.165) is 16.7 Å². The van der Waals surface area contributed by atoms with Crippen molar-refractivity contribution in [1.29, 1.82) is 0 Å². The van der Waals surface area contributed by atoms with E-state index < -0.39 is 0 Å². The first-order valence-electron chi connectivity index (χ1n) is 19.0. The van der Waals surface area contributed by atoms with Crippen LogP contribution in [-0.2, 0) is 0 Å². The highest BCUT2D eigenvalue weighted by atomic mass is 32.1. The van der Waals surface area contributed by atoms with Crippen LogP contribution in [0.2, 0.25) is 0 Å². The summed E-state index contributed by atoms with van der Waals surface area (Å²) in [5, 5.41) is 7.55. The Hall–Kier alpha value is -6.99. The maximum absolute atomic E-state index is 5.08. The van der Waals surface area contributed by atoms with Gasteiger partial charge in [0.15, 0.2) is 17.5 Å². The fourth-order valence-corrected chi connectivity index (χ4v) is 10.8. The third-order valence-electron chi connectivity index (χ3n) is 11.1. The summed E-state index contributed by atoms with van der Waals surface area (Å²) in [6, 6.07) is 64.9. The number of benzene rings is 8. The summed E-state index contributed by atoms with van der Waals surface area (Å²) >= 11 is 3.70. The first-order valence-corrected chi connectivity index (χ1v) is 20.7. The second-order valence-corrected chi connectivity index (χ2v) is 16.5. The van der Waals surface area contributed by atoms with Gasteiger partial charge in [-0.2, -0.15) is 0 Å². The Labute approximate surface area is 335 Å². The first-order chi connectivity index (χ1) is 28.3. The van der Waals surface area contributed by atoms with Crippen LogP contribution in [0.4, 0.5) is 0 Å². The van der Waals surface area contributed by atoms with E-state index in [1.807, 2.05) is 59.1 Å². The summed E-state index contributed by atoms with van der Waals surface area (Å²) < 4.78 is 7.50. The Morgan fingerprint density at radius 1 is 0.333 bits per heavy atom. The molecule has 0 fully saturated rings. The van der Waals surface area contributed by atoms with Gasteiger partial charge in [0.2, 0.25) is 0 Å². The molecule has 6 heteroatoms. The molecule has 0 unspecified atom stereocenters. The third kappa shape index (κ3) is 5.08. The van der Waals surface area contributed by atoms with E-state index in [1.165, 1.54) is 79.0 Å². The van der Waals surface area contributed by atoms with Gasteiger partial charge in [-0.3, -0.25) is 0 Å². The summed E-state index contributed by atoms with van der Waals surface area (Å²) in [4.78, 5) is 15.1. The molecule has 4 aromatic heterocycles. The van der Waals surface area contributed by atoms with E-state index in [1.54, 1.807) is 0 Å². The monoisotopic (exact) mass is 762 g/mol. The molecule has 0 bridgehead atoms. The van der Waals surface area contributed by atoms with Gasteiger partial charge in [0.25, 0.3) is 0 Å². The molecule has 0 aliphatic rings. The van der Waals surface area contributed by atoms with Crippen LogP contribution in [0.1, 0.15) is 0 Å². The summed E-state index contributed by atoms with van der Waals surface area (Å²) in [6.07, 6.45) is 0. The van der Waals surface area contributed by atoms with Crippen LogP contribution in [0.5, 0.6) is 0 Å². The average molecular weight is 763 g/mol. The Balaban J connectivity index is 1.10. The minimum Gasteiger partial charge on any atom is -0.309 e. The molecule has 0 spiro atoms. The lowest BCUT2D eigenvalue weighted by Crippen LogP contribution is -2.00. The maximum atomic E-state index is 5.08. The molecule has 266 valence electrons. The highest BCUT2D eigenvalue weighted by molar-refractivity contribution is 7.26. The van der Waals surface area contributed by atoms with Gasteiger partial charge in [-0.25, -0.2) is 15.0 Å². The number of para-hydroxylation sites is 2. The Kier molecular flexibility index (Phi) is 7.24. The van der Waals surface area contributed by atoms with Crippen LogP contribution in [0.15, 0.2) is 182 Å². The van der Waals surface area contributed by atoms with E-state index in [9.17, 15) is 0 Å². The topological polar surface area (TPSA) is 43.6 Å². The molecular formula is C51H30N4S2. The van der Waals surface area contributed by atoms with Crippen LogP contribution in [0.25, 0.3) is 113 Å². The van der Waals surface area contributed by atoms with Gasteiger partial charge in [0.05, 0.1) is 16.7 Å². The van der Waals surface area contributed by atoms with Crippen molar-refractivity contribution in [2.45, 2.75) is 0 Å². The molecular weight excluding hydrogens is 733 g/mol. The van der Waals surface area contributed by atoms with Crippen molar-refractivity contribution < 1.29 is 0 Å². The molecule has 8 aromatic carbocycles. The van der Waals surface area contributed by atoms with Gasteiger partial charge in [-0.05, 0) is 65.7 Å². The third-order valence-corrected chi connectivity index (χ3v) is 13.3. The molecule has 0 aliphatic carbocycles. The van der Waals surface area contributed by atoms with Crippen molar-refractivity contribution in [2.75, 3.05) is 0 Å². The van der Waals surface area contributed by atoms with Crippen LogP contribution >= 0.6 is 22.7 Å². The Bertz CT molecular complexity index is 3410. The highest BCUT2D eigenvalue weighted by Gasteiger charge is 2.21. The van der Waals surface area contributed by atoms with E-state index >= 15 is 0 Å². The fourth-order valence-electron chi connectivity index (χ4n) is 8.57. The predicted molar refractivity (Wildman–Crippen MR) is 242 cm³/mol. The van der Waals surface area contributed by atoms with Crippen LogP contribution < -0.4 is 0 Å². The van der Waals surface area contributed by atoms with Gasteiger partial charge < -0.3 is 4.57 Å². The molecule has 57 heavy (non-hydrogen) atoms. The molecule has 0 saturated heterocycles. The normalized spacial score (nSPS) is 11.9. The minimum absolute atomic E-state index is 0.656. The Morgan fingerprint density at radius 3 is 1.46 bits per heavy atom. The number of thiophene rings is 2.